The van der Waals surface area contributed by atoms with Crippen molar-refractivity contribution in [2.24, 2.45) is 0 Å². The smallest absolute Gasteiger partial charge is 0.265 e. The van der Waals surface area contributed by atoms with Gasteiger partial charge in [0, 0.05) is 17.5 Å². The number of amides is 1. The molecule has 0 spiro atoms. The van der Waals surface area contributed by atoms with E-state index in [1.165, 1.54) is 11.3 Å². The number of fused-ring (bicyclic) bond motifs is 1. The number of methoxy groups -OCH3 is 1. The highest BCUT2D eigenvalue weighted by Gasteiger charge is 2.13. The molecule has 0 unspecified atom stereocenters. The monoisotopic (exact) mass is 397 g/mol. The van der Waals surface area contributed by atoms with E-state index >= 15 is 0 Å². The van der Waals surface area contributed by atoms with Crippen LogP contribution in [0, 0.1) is 6.92 Å². The Bertz CT molecular complexity index is 1130. The molecule has 1 amide bonds. The number of carbonyl (C=O) groups excluding carboxylic acids is 1. The minimum Gasteiger partial charge on any atom is -0.497 e. The first-order valence-electron chi connectivity index (χ1n) is 8.25. The third-order valence-electron chi connectivity index (χ3n) is 4.28. The summed E-state index contributed by atoms with van der Waals surface area (Å²) in [6.07, 6.45) is 1.87. The number of aryl methyl sites for hydroxylation is 1. The van der Waals surface area contributed by atoms with Crippen LogP contribution in [0.1, 0.15) is 15.4 Å². The van der Waals surface area contributed by atoms with Crippen LogP contribution >= 0.6 is 22.9 Å². The Kier molecular flexibility index (Phi) is 4.59. The van der Waals surface area contributed by atoms with E-state index in [0.717, 1.165) is 28.3 Å². The molecule has 4 aromatic rings. The van der Waals surface area contributed by atoms with Crippen LogP contribution in [0.4, 0.5) is 5.69 Å². The lowest BCUT2D eigenvalue weighted by Gasteiger charge is -2.05. The molecule has 5 nitrogen and oxygen atoms in total. The van der Waals surface area contributed by atoms with E-state index in [-0.39, 0.29) is 5.91 Å². The lowest BCUT2D eigenvalue weighted by Crippen LogP contribution is -2.10. The maximum atomic E-state index is 12.3. The van der Waals surface area contributed by atoms with E-state index in [1.54, 1.807) is 19.2 Å². The van der Waals surface area contributed by atoms with Crippen molar-refractivity contribution in [3.05, 3.63) is 69.6 Å². The molecule has 0 saturated heterocycles. The standard InChI is InChI=1S/C20H16ClN3O2S/c1-12-19(13-3-6-15(26-2)7-4-13)23-18-10-5-14(11-24(12)18)22-20(25)16-8-9-17(21)27-16/h3-11H,1-2H3,(H,22,25). The van der Waals surface area contributed by atoms with Crippen molar-refractivity contribution in [1.29, 1.82) is 0 Å². The SMILES string of the molecule is COc1ccc(-c2nc3ccc(NC(=O)c4ccc(Cl)s4)cn3c2C)cc1. The second-order valence-corrected chi connectivity index (χ2v) is 7.69. The van der Waals surface area contributed by atoms with E-state index < -0.39 is 0 Å². The highest BCUT2D eigenvalue weighted by atomic mass is 35.5. The summed E-state index contributed by atoms with van der Waals surface area (Å²) in [5.74, 6) is 0.623. The van der Waals surface area contributed by atoms with Gasteiger partial charge in [0.2, 0.25) is 0 Å². The van der Waals surface area contributed by atoms with E-state index in [2.05, 4.69) is 5.32 Å². The average Bonchev–Trinajstić information content (AvgIpc) is 3.26. The molecule has 3 aromatic heterocycles. The van der Waals surface area contributed by atoms with Crippen LogP contribution in [0.3, 0.4) is 0 Å². The van der Waals surface area contributed by atoms with E-state index in [1.807, 2.05) is 53.9 Å². The maximum Gasteiger partial charge on any atom is 0.265 e. The molecule has 0 radical (unpaired) electrons. The lowest BCUT2D eigenvalue weighted by molar-refractivity contribution is 0.103. The predicted octanol–water partition coefficient (Wildman–Crippen LogP) is 5.29. The van der Waals surface area contributed by atoms with Crippen LogP contribution in [-0.2, 0) is 0 Å². The molecule has 0 aliphatic heterocycles. The van der Waals surface area contributed by atoms with Crippen molar-refractivity contribution >= 4 is 40.2 Å². The van der Waals surface area contributed by atoms with Gasteiger partial charge in [0.05, 0.1) is 27.7 Å². The topological polar surface area (TPSA) is 55.6 Å². The molecule has 0 saturated carbocycles. The fourth-order valence-corrected chi connectivity index (χ4v) is 3.83. The molecule has 0 bridgehead atoms. The van der Waals surface area contributed by atoms with Crippen molar-refractivity contribution in [3.8, 4) is 17.0 Å². The number of benzene rings is 1. The van der Waals surface area contributed by atoms with Crippen molar-refractivity contribution in [2.45, 2.75) is 6.92 Å². The van der Waals surface area contributed by atoms with Gasteiger partial charge in [0.1, 0.15) is 11.4 Å². The largest absolute Gasteiger partial charge is 0.497 e. The number of carbonyl (C=O) groups is 1. The molecule has 27 heavy (non-hydrogen) atoms. The van der Waals surface area contributed by atoms with E-state index in [9.17, 15) is 4.79 Å². The Labute approximate surface area is 165 Å². The molecule has 4 rings (SSSR count). The number of nitrogens with one attached hydrogen (secondary N) is 1. The average molecular weight is 398 g/mol. The summed E-state index contributed by atoms with van der Waals surface area (Å²) < 4.78 is 7.77. The zero-order chi connectivity index (χ0) is 19.0. The van der Waals surface area contributed by atoms with Crippen molar-refractivity contribution in [1.82, 2.24) is 9.38 Å². The van der Waals surface area contributed by atoms with Crippen molar-refractivity contribution < 1.29 is 9.53 Å². The van der Waals surface area contributed by atoms with Gasteiger partial charge in [-0.1, -0.05) is 11.6 Å². The number of hydrogen-bond acceptors (Lipinski definition) is 4. The molecule has 0 aliphatic carbocycles. The number of aromatic nitrogens is 2. The van der Waals surface area contributed by atoms with Gasteiger partial charge in [-0.05, 0) is 55.5 Å². The number of halogens is 1. The maximum absolute atomic E-state index is 12.3. The molecular formula is C20H16ClN3O2S. The minimum absolute atomic E-state index is 0.181. The first kappa shape index (κ1) is 17.6. The van der Waals surface area contributed by atoms with Gasteiger partial charge < -0.3 is 14.5 Å². The number of hydrogen-bond donors (Lipinski definition) is 1. The van der Waals surface area contributed by atoms with Gasteiger partial charge in [0.15, 0.2) is 0 Å². The summed E-state index contributed by atoms with van der Waals surface area (Å²) in [7, 11) is 1.64. The van der Waals surface area contributed by atoms with Gasteiger partial charge in [-0.15, -0.1) is 11.3 Å². The summed E-state index contributed by atoms with van der Waals surface area (Å²) in [5, 5.41) is 2.90. The fraction of sp³-hybridized carbons (Fsp3) is 0.100. The third kappa shape index (κ3) is 3.41. The molecule has 3 heterocycles. The summed E-state index contributed by atoms with van der Waals surface area (Å²) in [4.78, 5) is 17.6. The molecule has 0 fully saturated rings. The Balaban J connectivity index is 1.66. The molecule has 1 aromatic carbocycles. The predicted molar refractivity (Wildman–Crippen MR) is 109 cm³/mol. The lowest BCUT2D eigenvalue weighted by atomic mass is 10.1. The van der Waals surface area contributed by atoms with Crippen LogP contribution in [0.15, 0.2) is 54.7 Å². The summed E-state index contributed by atoms with van der Waals surface area (Å²) >= 11 is 7.15. The normalized spacial score (nSPS) is 10.9. The highest BCUT2D eigenvalue weighted by molar-refractivity contribution is 7.18. The van der Waals surface area contributed by atoms with Gasteiger partial charge in [-0.2, -0.15) is 0 Å². The summed E-state index contributed by atoms with van der Waals surface area (Å²) in [6, 6.07) is 14.9. The quantitative estimate of drug-likeness (QED) is 0.509. The van der Waals surface area contributed by atoms with Gasteiger partial charge in [-0.3, -0.25) is 4.79 Å². The van der Waals surface area contributed by atoms with E-state index in [4.69, 9.17) is 21.3 Å². The van der Waals surface area contributed by atoms with Gasteiger partial charge >= 0.3 is 0 Å². The number of imidazole rings is 1. The zero-order valence-electron chi connectivity index (χ0n) is 14.7. The van der Waals surface area contributed by atoms with E-state index in [0.29, 0.717) is 14.9 Å². The molecule has 7 heteroatoms. The number of rotatable bonds is 4. The van der Waals surface area contributed by atoms with Gasteiger partial charge in [0.25, 0.3) is 5.91 Å². The molecule has 0 aliphatic rings. The van der Waals surface area contributed by atoms with Crippen LogP contribution in [0.5, 0.6) is 5.75 Å². The zero-order valence-corrected chi connectivity index (χ0v) is 16.3. The first-order valence-corrected chi connectivity index (χ1v) is 9.44. The van der Waals surface area contributed by atoms with Crippen LogP contribution < -0.4 is 10.1 Å². The minimum atomic E-state index is -0.181. The number of anilines is 1. The fourth-order valence-electron chi connectivity index (χ4n) is 2.89. The van der Waals surface area contributed by atoms with Crippen molar-refractivity contribution in [2.75, 3.05) is 12.4 Å². The second kappa shape index (κ2) is 7.06. The number of ether oxygens (including phenoxy) is 1. The summed E-state index contributed by atoms with van der Waals surface area (Å²) in [5.41, 5.74) is 4.40. The number of pyridine rings is 1. The molecule has 136 valence electrons. The van der Waals surface area contributed by atoms with Crippen LogP contribution in [0.25, 0.3) is 16.9 Å². The molecular weight excluding hydrogens is 382 g/mol. The Morgan fingerprint density at radius 2 is 1.93 bits per heavy atom. The second-order valence-electron chi connectivity index (χ2n) is 5.98. The Morgan fingerprint density at radius 1 is 1.15 bits per heavy atom. The van der Waals surface area contributed by atoms with Gasteiger partial charge in [-0.25, -0.2) is 4.98 Å². The summed E-state index contributed by atoms with van der Waals surface area (Å²) in [6.45, 7) is 2.00. The highest BCUT2D eigenvalue weighted by Crippen LogP contribution is 2.27. The first-order chi connectivity index (χ1) is 13.0. The van der Waals surface area contributed by atoms with Crippen LogP contribution in [-0.4, -0.2) is 22.4 Å². The number of thiophene rings is 1. The van der Waals surface area contributed by atoms with Crippen LogP contribution in [0.2, 0.25) is 4.34 Å². The third-order valence-corrected chi connectivity index (χ3v) is 5.51. The Hall–Kier alpha value is -2.83. The Morgan fingerprint density at radius 3 is 2.59 bits per heavy atom. The molecule has 0 atom stereocenters. The van der Waals surface area contributed by atoms with Crippen molar-refractivity contribution in [3.63, 3.8) is 0 Å². The molecule has 1 N–H and O–H groups in total. The number of nitrogens with zero attached hydrogens (tertiary/aromatic N) is 2.